The number of amides is 1. The van der Waals surface area contributed by atoms with Gasteiger partial charge >= 0.3 is 6.09 Å². The zero-order valence-electron chi connectivity index (χ0n) is 8.20. The minimum absolute atomic E-state index is 0.149. The first-order chi connectivity index (χ1) is 7.84. The van der Waals surface area contributed by atoms with E-state index in [1.165, 1.54) is 12.7 Å². The minimum Gasteiger partial charge on any atom is -0.410 e. The summed E-state index contributed by atoms with van der Waals surface area (Å²) in [7, 11) is 0. The number of hydrogen-bond donors (Lipinski definition) is 1. The second kappa shape index (κ2) is 4.83. The summed E-state index contributed by atoms with van der Waals surface area (Å²) < 4.78 is 4.97. The monoisotopic (exact) mass is 216 g/mol. The highest BCUT2D eigenvalue weighted by Crippen LogP contribution is 2.09. The molecule has 1 amide bonds. The summed E-state index contributed by atoms with van der Waals surface area (Å²) in [6.07, 6.45) is 1.92. The SMILES string of the molecule is O=C(Nc1ncncn1)Oc1ccccc1. The van der Waals surface area contributed by atoms with Gasteiger partial charge in [-0.2, -0.15) is 0 Å². The smallest absolute Gasteiger partial charge is 0.410 e. The highest BCUT2D eigenvalue weighted by molar-refractivity contribution is 5.83. The molecule has 0 aliphatic heterocycles. The molecule has 1 heterocycles. The number of nitrogens with zero attached hydrogens (tertiary/aromatic N) is 3. The van der Waals surface area contributed by atoms with Gasteiger partial charge in [-0.3, -0.25) is 5.32 Å². The quantitative estimate of drug-likeness (QED) is 0.822. The van der Waals surface area contributed by atoms with Crippen LogP contribution in [0.1, 0.15) is 0 Å². The lowest BCUT2D eigenvalue weighted by Crippen LogP contribution is -2.18. The Morgan fingerprint density at radius 1 is 1.12 bits per heavy atom. The first-order valence-electron chi connectivity index (χ1n) is 4.50. The van der Waals surface area contributed by atoms with Crippen LogP contribution in [0, 0.1) is 0 Å². The molecule has 6 nitrogen and oxygen atoms in total. The Hall–Kier alpha value is -2.50. The number of hydrogen-bond acceptors (Lipinski definition) is 5. The average Bonchev–Trinajstić information content (AvgIpc) is 2.31. The first kappa shape index (κ1) is 10.0. The Kier molecular flexibility index (Phi) is 3.03. The summed E-state index contributed by atoms with van der Waals surface area (Å²) >= 11 is 0. The van der Waals surface area contributed by atoms with Crippen LogP contribution in [-0.2, 0) is 0 Å². The minimum atomic E-state index is -0.641. The van der Waals surface area contributed by atoms with Gasteiger partial charge in [-0.25, -0.2) is 19.7 Å². The number of anilines is 1. The third kappa shape index (κ3) is 2.74. The van der Waals surface area contributed by atoms with Crippen LogP contribution >= 0.6 is 0 Å². The molecule has 16 heavy (non-hydrogen) atoms. The molecular weight excluding hydrogens is 208 g/mol. The van der Waals surface area contributed by atoms with E-state index in [2.05, 4.69) is 20.3 Å². The third-order valence-electron chi connectivity index (χ3n) is 1.66. The van der Waals surface area contributed by atoms with Gasteiger partial charge in [0.05, 0.1) is 0 Å². The van der Waals surface area contributed by atoms with Crippen molar-refractivity contribution in [3.8, 4) is 5.75 Å². The maximum atomic E-state index is 11.3. The third-order valence-corrected chi connectivity index (χ3v) is 1.66. The predicted molar refractivity (Wildman–Crippen MR) is 55.9 cm³/mol. The van der Waals surface area contributed by atoms with Crippen molar-refractivity contribution < 1.29 is 9.53 Å². The number of carbonyl (C=O) groups is 1. The van der Waals surface area contributed by atoms with Crippen molar-refractivity contribution in [1.29, 1.82) is 0 Å². The van der Waals surface area contributed by atoms with Crippen molar-refractivity contribution in [1.82, 2.24) is 15.0 Å². The van der Waals surface area contributed by atoms with Crippen LogP contribution in [0.15, 0.2) is 43.0 Å². The van der Waals surface area contributed by atoms with Crippen molar-refractivity contribution in [2.45, 2.75) is 0 Å². The van der Waals surface area contributed by atoms with E-state index >= 15 is 0 Å². The van der Waals surface area contributed by atoms with Gasteiger partial charge in [-0.1, -0.05) is 18.2 Å². The molecule has 0 radical (unpaired) electrons. The standard InChI is InChI=1S/C10H8N4O2/c15-10(14-9-12-6-11-7-13-9)16-8-4-2-1-3-5-8/h1-7H,(H,11,12,13,14,15). The summed E-state index contributed by atoms with van der Waals surface area (Å²) in [6, 6.07) is 8.72. The summed E-state index contributed by atoms with van der Waals surface area (Å²) in [4.78, 5) is 22.4. The summed E-state index contributed by atoms with van der Waals surface area (Å²) in [5, 5.41) is 2.37. The topological polar surface area (TPSA) is 77.0 Å². The average molecular weight is 216 g/mol. The predicted octanol–water partition coefficient (Wildman–Crippen LogP) is 1.48. The van der Waals surface area contributed by atoms with E-state index in [1.54, 1.807) is 24.3 Å². The maximum Gasteiger partial charge on any atom is 0.419 e. The van der Waals surface area contributed by atoms with E-state index < -0.39 is 6.09 Å². The molecule has 0 saturated heterocycles. The highest BCUT2D eigenvalue weighted by Gasteiger charge is 2.05. The molecule has 1 N–H and O–H groups in total. The number of carbonyl (C=O) groups excluding carboxylic acids is 1. The fraction of sp³-hybridized carbons (Fsp3) is 0. The Labute approximate surface area is 91.3 Å². The second-order valence-electron chi connectivity index (χ2n) is 2.79. The molecule has 0 saturated carbocycles. The van der Waals surface area contributed by atoms with Gasteiger partial charge in [0.1, 0.15) is 18.4 Å². The molecule has 0 aliphatic carbocycles. The van der Waals surface area contributed by atoms with Crippen LogP contribution in [0.4, 0.5) is 10.7 Å². The fourth-order valence-electron chi connectivity index (χ4n) is 1.02. The Morgan fingerprint density at radius 2 is 1.81 bits per heavy atom. The van der Waals surface area contributed by atoms with Crippen LogP contribution < -0.4 is 10.1 Å². The van der Waals surface area contributed by atoms with Crippen LogP contribution in [0.2, 0.25) is 0 Å². The molecule has 1 aromatic heterocycles. The summed E-state index contributed by atoms with van der Waals surface area (Å²) in [5.74, 6) is 0.602. The van der Waals surface area contributed by atoms with Crippen molar-refractivity contribution in [3.05, 3.63) is 43.0 Å². The summed E-state index contributed by atoms with van der Waals surface area (Å²) in [6.45, 7) is 0. The zero-order chi connectivity index (χ0) is 11.2. The Balaban J connectivity index is 1.95. The molecule has 0 fully saturated rings. The molecule has 2 aromatic rings. The molecule has 1 aromatic carbocycles. The summed E-state index contributed by atoms with van der Waals surface area (Å²) in [5.41, 5.74) is 0. The second-order valence-corrected chi connectivity index (χ2v) is 2.79. The first-order valence-corrected chi connectivity index (χ1v) is 4.50. The Bertz CT molecular complexity index is 417. The molecule has 0 spiro atoms. The molecule has 6 heteroatoms. The van der Waals surface area contributed by atoms with E-state index in [0.717, 1.165) is 0 Å². The molecule has 0 aliphatic rings. The lowest BCUT2D eigenvalue weighted by molar-refractivity contribution is 0.215. The highest BCUT2D eigenvalue weighted by atomic mass is 16.6. The van der Waals surface area contributed by atoms with Gasteiger partial charge in [0, 0.05) is 0 Å². The number of nitrogens with one attached hydrogen (secondary N) is 1. The molecule has 0 unspecified atom stereocenters. The van der Waals surface area contributed by atoms with Gasteiger partial charge in [0.15, 0.2) is 0 Å². The van der Waals surface area contributed by atoms with Gasteiger partial charge in [-0.15, -0.1) is 0 Å². The van der Waals surface area contributed by atoms with Crippen LogP contribution in [0.25, 0.3) is 0 Å². The number of aromatic nitrogens is 3. The molecule has 2 rings (SSSR count). The number of ether oxygens (including phenoxy) is 1. The number of rotatable bonds is 2. The molecule has 0 bridgehead atoms. The lowest BCUT2D eigenvalue weighted by Gasteiger charge is -2.03. The Morgan fingerprint density at radius 3 is 2.50 bits per heavy atom. The zero-order valence-corrected chi connectivity index (χ0v) is 8.20. The maximum absolute atomic E-state index is 11.3. The van der Waals surface area contributed by atoms with Crippen molar-refractivity contribution in [2.24, 2.45) is 0 Å². The van der Waals surface area contributed by atoms with E-state index in [9.17, 15) is 4.79 Å². The van der Waals surface area contributed by atoms with Gasteiger partial charge in [0.2, 0.25) is 5.95 Å². The van der Waals surface area contributed by atoms with Crippen molar-refractivity contribution in [3.63, 3.8) is 0 Å². The van der Waals surface area contributed by atoms with Gasteiger partial charge in [0.25, 0.3) is 0 Å². The van der Waals surface area contributed by atoms with Crippen molar-refractivity contribution in [2.75, 3.05) is 5.32 Å². The normalized spacial score (nSPS) is 9.50. The molecular formula is C10H8N4O2. The lowest BCUT2D eigenvalue weighted by atomic mass is 10.3. The van der Waals surface area contributed by atoms with Crippen LogP contribution in [0.3, 0.4) is 0 Å². The van der Waals surface area contributed by atoms with Crippen molar-refractivity contribution >= 4 is 12.0 Å². The van der Waals surface area contributed by atoms with Crippen LogP contribution in [0.5, 0.6) is 5.75 Å². The van der Waals surface area contributed by atoms with E-state index in [0.29, 0.717) is 5.75 Å². The largest absolute Gasteiger partial charge is 0.419 e. The van der Waals surface area contributed by atoms with E-state index in [4.69, 9.17) is 4.74 Å². The van der Waals surface area contributed by atoms with E-state index in [1.807, 2.05) is 6.07 Å². The fourth-order valence-corrected chi connectivity index (χ4v) is 1.02. The van der Waals surface area contributed by atoms with Gasteiger partial charge < -0.3 is 4.74 Å². The van der Waals surface area contributed by atoms with E-state index in [-0.39, 0.29) is 5.95 Å². The number of benzene rings is 1. The number of para-hydroxylation sites is 1. The van der Waals surface area contributed by atoms with Crippen LogP contribution in [-0.4, -0.2) is 21.0 Å². The van der Waals surface area contributed by atoms with Gasteiger partial charge in [-0.05, 0) is 12.1 Å². The molecule has 0 atom stereocenters. The molecule has 80 valence electrons.